The number of nitrogens with one attached hydrogen (secondary N) is 1. The number of hydrogen-bond acceptors (Lipinski definition) is 4. The van der Waals surface area contributed by atoms with Crippen LogP contribution in [0.5, 0.6) is 0 Å². The summed E-state index contributed by atoms with van der Waals surface area (Å²) in [5.41, 5.74) is 5.55. The van der Waals surface area contributed by atoms with Crippen LogP contribution in [0.15, 0.2) is 85.7 Å². The number of aromatic nitrogens is 3. The van der Waals surface area contributed by atoms with Crippen LogP contribution < -0.4 is 9.80 Å². The first-order valence-corrected chi connectivity index (χ1v) is 9.03. The van der Waals surface area contributed by atoms with Crippen LogP contribution in [0.3, 0.4) is 0 Å². The summed E-state index contributed by atoms with van der Waals surface area (Å²) in [6.07, 6.45) is 11.7. The van der Waals surface area contributed by atoms with Crippen LogP contribution in [0.4, 0.5) is 11.4 Å². The van der Waals surface area contributed by atoms with Gasteiger partial charge < -0.3 is 14.8 Å². The van der Waals surface area contributed by atoms with Crippen molar-refractivity contribution in [1.29, 1.82) is 0 Å². The van der Waals surface area contributed by atoms with E-state index in [1.807, 2.05) is 43.0 Å². The SMILES string of the molecule is C1=CN(c2cccnc2-c2ccc3[nH]ccc3c2)CCN1c1ccncc1. The van der Waals surface area contributed by atoms with Gasteiger partial charge in [-0.2, -0.15) is 0 Å². The molecule has 5 nitrogen and oxygen atoms in total. The molecular weight excluding hydrogens is 334 g/mol. The van der Waals surface area contributed by atoms with Crippen LogP contribution in [0, 0.1) is 0 Å². The highest BCUT2D eigenvalue weighted by atomic mass is 15.2. The number of anilines is 2. The fourth-order valence-corrected chi connectivity index (χ4v) is 3.53. The molecule has 1 aromatic carbocycles. The van der Waals surface area contributed by atoms with E-state index >= 15 is 0 Å². The van der Waals surface area contributed by atoms with E-state index in [2.05, 4.69) is 67.5 Å². The molecular formula is C22H19N5. The number of H-pyrrole nitrogens is 1. The van der Waals surface area contributed by atoms with Gasteiger partial charge in [-0.25, -0.2) is 0 Å². The predicted molar refractivity (Wildman–Crippen MR) is 110 cm³/mol. The van der Waals surface area contributed by atoms with Crippen LogP contribution in [-0.2, 0) is 0 Å². The van der Waals surface area contributed by atoms with Crippen molar-refractivity contribution < 1.29 is 0 Å². The van der Waals surface area contributed by atoms with Gasteiger partial charge in [0.05, 0.1) is 11.4 Å². The van der Waals surface area contributed by atoms with E-state index in [1.165, 1.54) is 5.39 Å². The molecule has 0 spiro atoms. The molecule has 1 aliphatic heterocycles. The van der Waals surface area contributed by atoms with Gasteiger partial charge in [-0.15, -0.1) is 0 Å². The number of benzene rings is 1. The Balaban J connectivity index is 1.48. The highest BCUT2D eigenvalue weighted by Crippen LogP contribution is 2.32. The Hall–Kier alpha value is -3.60. The molecule has 0 saturated heterocycles. The second-order valence-corrected chi connectivity index (χ2v) is 6.54. The molecule has 0 saturated carbocycles. The van der Waals surface area contributed by atoms with E-state index in [9.17, 15) is 0 Å². The van der Waals surface area contributed by atoms with E-state index in [1.54, 1.807) is 0 Å². The molecule has 5 rings (SSSR count). The van der Waals surface area contributed by atoms with Gasteiger partial charge in [-0.1, -0.05) is 6.07 Å². The van der Waals surface area contributed by atoms with E-state index in [4.69, 9.17) is 0 Å². The zero-order valence-corrected chi connectivity index (χ0v) is 14.8. The summed E-state index contributed by atoms with van der Waals surface area (Å²) in [6, 6.07) is 16.7. The largest absolute Gasteiger partial charge is 0.361 e. The lowest BCUT2D eigenvalue weighted by atomic mass is 10.1. The molecule has 1 N–H and O–H groups in total. The summed E-state index contributed by atoms with van der Waals surface area (Å²) in [7, 11) is 0. The minimum atomic E-state index is 0.893. The van der Waals surface area contributed by atoms with Crippen LogP contribution in [-0.4, -0.2) is 28.0 Å². The third kappa shape index (κ3) is 2.93. The third-order valence-electron chi connectivity index (χ3n) is 4.93. The van der Waals surface area contributed by atoms with E-state index in [0.717, 1.165) is 41.2 Å². The van der Waals surface area contributed by atoms with Gasteiger partial charge in [-0.3, -0.25) is 9.97 Å². The fourth-order valence-electron chi connectivity index (χ4n) is 3.53. The molecule has 0 bridgehead atoms. The average molecular weight is 353 g/mol. The minimum absolute atomic E-state index is 0.893. The quantitative estimate of drug-likeness (QED) is 0.592. The van der Waals surface area contributed by atoms with Gasteiger partial charge in [0.2, 0.25) is 0 Å². The summed E-state index contributed by atoms with van der Waals surface area (Å²) in [5.74, 6) is 0. The van der Waals surface area contributed by atoms with E-state index in [0.29, 0.717) is 0 Å². The first-order chi connectivity index (χ1) is 13.4. The van der Waals surface area contributed by atoms with Crippen LogP contribution in [0.1, 0.15) is 0 Å². The number of nitrogens with zero attached hydrogens (tertiary/aromatic N) is 4. The molecule has 0 amide bonds. The van der Waals surface area contributed by atoms with E-state index < -0.39 is 0 Å². The van der Waals surface area contributed by atoms with Gasteiger partial charge in [0.1, 0.15) is 0 Å². The van der Waals surface area contributed by atoms with Gasteiger partial charge in [-0.05, 0) is 42.5 Å². The van der Waals surface area contributed by atoms with Crippen molar-refractivity contribution in [1.82, 2.24) is 15.0 Å². The van der Waals surface area contributed by atoms with Gasteiger partial charge in [0.25, 0.3) is 0 Å². The minimum Gasteiger partial charge on any atom is -0.361 e. The molecule has 27 heavy (non-hydrogen) atoms. The highest BCUT2D eigenvalue weighted by Gasteiger charge is 2.17. The third-order valence-corrected chi connectivity index (χ3v) is 4.93. The lowest BCUT2D eigenvalue weighted by Crippen LogP contribution is -2.34. The van der Waals surface area contributed by atoms with Crippen LogP contribution in [0.25, 0.3) is 22.2 Å². The molecule has 5 heteroatoms. The topological polar surface area (TPSA) is 48.1 Å². The maximum atomic E-state index is 4.68. The number of aromatic amines is 1. The summed E-state index contributed by atoms with van der Waals surface area (Å²) in [5, 5.41) is 1.20. The molecule has 132 valence electrons. The zero-order valence-electron chi connectivity index (χ0n) is 14.8. The van der Waals surface area contributed by atoms with Crippen LogP contribution in [0.2, 0.25) is 0 Å². The summed E-state index contributed by atoms with van der Waals surface area (Å²) < 4.78 is 0. The second kappa shape index (κ2) is 6.61. The Labute approximate surface area is 157 Å². The van der Waals surface area contributed by atoms with Gasteiger partial charge in [0, 0.05) is 72.4 Å². The lowest BCUT2D eigenvalue weighted by Gasteiger charge is -2.32. The standard InChI is InChI=1S/C22H19N5/c1-2-21(27-14-12-26(13-15-27)19-6-9-23-10-7-19)22(25-8-1)18-3-4-20-17(16-18)5-11-24-20/h1-12,14,16,24H,13,15H2. The number of rotatable bonds is 3. The molecule has 3 aromatic heterocycles. The Morgan fingerprint density at radius 2 is 1.70 bits per heavy atom. The van der Waals surface area contributed by atoms with Crippen molar-refractivity contribution in [2.45, 2.75) is 0 Å². The Kier molecular flexibility index (Phi) is 3.83. The van der Waals surface area contributed by atoms with E-state index in [-0.39, 0.29) is 0 Å². The van der Waals surface area contributed by atoms with Gasteiger partial charge in [0.15, 0.2) is 0 Å². The monoisotopic (exact) mass is 353 g/mol. The molecule has 0 radical (unpaired) electrons. The molecule has 0 fully saturated rings. The smallest absolute Gasteiger partial charge is 0.0938 e. The molecule has 1 aliphatic rings. The number of hydrogen-bond donors (Lipinski definition) is 1. The first-order valence-electron chi connectivity index (χ1n) is 9.03. The summed E-state index contributed by atoms with van der Waals surface area (Å²) in [6.45, 7) is 1.80. The zero-order chi connectivity index (χ0) is 18.1. The van der Waals surface area contributed by atoms with Crippen molar-refractivity contribution >= 4 is 22.3 Å². The maximum absolute atomic E-state index is 4.68. The summed E-state index contributed by atoms with van der Waals surface area (Å²) >= 11 is 0. The molecule has 0 aliphatic carbocycles. The average Bonchev–Trinajstić information content (AvgIpc) is 3.22. The first kappa shape index (κ1) is 15.6. The second-order valence-electron chi connectivity index (χ2n) is 6.54. The Morgan fingerprint density at radius 3 is 2.56 bits per heavy atom. The van der Waals surface area contributed by atoms with Crippen LogP contribution >= 0.6 is 0 Å². The highest BCUT2D eigenvalue weighted by molar-refractivity contribution is 5.87. The van der Waals surface area contributed by atoms with Crippen molar-refractivity contribution in [3.05, 3.63) is 85.7 Å². The number of pyridine rings is 2. The maximum Gasteiger partial charge on any atom is 0.0938 e. The molecule has 0 atom stereocenters. The predicted octanol–water partition coefficient (Wildman–Crippen LogP) is 4.42. The molecule has 0 unspecified atom stereocenters. The molecule has 4 aromatic rings. The normalized spacial score (nSPS) is 14.1. The van der Waals surface area contributed by atoms with Crippen molar-refractivity contribution in [2.24, 2.45) is 0 Å². The summed E-state index contributed by atoms with van der Waals surface area (Å²) in [4.78, 5) is 16.5. The Morgan fingerprint density at radius 1 is 0.852 bits per heavy atom. The van der Waals surface area contributed by atoms with Crippen molar-refractivity contribution in [2.75, 3.05) is 22.9 Å². The fraction of sp³-hybridized carbons (Fsp3) is 0.0909. The molecule has 4 heterocycles. The van der Waals surface area contributed by atoms with Crippen molar-refractivity contribution in [3.63, 3.8) is 0 Å². The van der Waals surface area contributed by atoms with Gasteiger partial charge >= 0.3 is 0 Å². The number of fused-ring (bicyclic) bond motifs is 1. The van der Waals surface area contributed by atoms with Crippen molar-refractivity contribution in [3.8, 4) is 11.3 Å². The Bertz CT molecular complexity index is 1100. The lowest BCUT2D eigenvalue weighted by molar-refractivity contribution is 0.836.